The van der Waals surface area contributed by atoms with Crippen LogP contribution in [-0.2, 0) is 14.8 Å². The molecule has 1 aliphatic carbocycles. The highest BCUT2D eigenvalue weighted by atomic mass is 32.2. The molecule has 9 nitrogen and oxygen atoms in total. The Morgan fingerprint density at radius 1 is 1.24 bits per heavy atom. The number of nitrogens with two attached hydrogens (primary N) is 2. The Labute approximate surface area is 167 Å². The van der Waals surface area contributed by atoms with Crippen LogP contribution in [0.2, 0.25) is 0 Å². The van der Waals surface area contributed by atoms with E-state index in [9.17, 15) is 13.2 Å². The molecule has 10 heteroatoms. The molecule has 1 aliphatic rings. The van der Waals surface area contributed by atoms with Gasteiger partial charge in [-0.25, -0.2) is 22.2 Å². The van der Waals surface area contributed by atoms with Crippen LogP contribution in [0.3, 0.4) is 0 Å². The minimum Gasteiger partial charge on any atom is -0.446 e. The third-order valence-corrected chi connectivity index (χ3v) is 6.69. The first kappa shape index (κ1) is 19.1. The topological polar surface area (TPSA) is 142 Å². The maximum absolute atomic E-state index is 13.1. The predicted molar refractivity (Wildman–Crippen MR) is 109 cm³/mol. The van der Waals surface area contributed by atoms with E-state index in [0.717, 1.165) is 9.54 Å². The summed E-state index contributed by atoms with van der Waals surface area (Å²) in [6, 6.07) is 8.34. The molecule has 0 bridgehead atoms. The van der Waals surface area contributed by atoms with Crippen molar-refractivity contribution in [3.63, 3.8) is 0 Å². The lowest BCUT2D eigenvalue weighted by Crippen LogP contribution is -2.42. The van der Waals surface area contributed by atoms with Crippen LogP contribution in [0.25, 0.3) is 11.0 Å². The van der Waals surface area contributed by atoms with Gasteiger partial charge in [0.05, 0.1) is 22.5 Å². The summed E-state index contributed by atoms with van der Waals surface area (Å²) in [5.41, 5.74) is 13.4. The molecule has 0 atom stereocenters. The molecule has 2 heterocycles. The van der Waals surface area contributed by atoms with Crippen LogP contribution >= 0.6 is 0 Å². The molecule has 29 heavy (non-hydrogen) atoms. The zero-order chi connectivity index (χ0) is 20.8. The smallest absolute Gasteiger partial charge is 0.404 e. The van der Waals surface area contributed by atoms with Crippen molar-refractivity contribution in [3.8, 4) is 0 Å². The number of fused-ring (bicyclic) bond motifs is 1. The molecule has 0 saturated heterocycles. The van der Waals surface area contributed by atoms with Gasteiger partial charge in [-0.3, -0.25) is 0 Å². The molecule has 152 valence electrons. The lowest BCUT2D eigenvalue weighted by Gasteiger charge is -2.35. The molecular weight excluding hydrogens is 394 g/mol. The maximum Gasteiger partial charge on any atom is 0.404 e. The molecule has 0 spiro atoms. The van der Waals surface area contributed by atoms with Crippen molar-refractivity contribution in [1.29, 1.82) is 0 Å². The summed E-state index contributed by atoms with van der Waals surface area (Å²) < 4.78 is 32.2. The van der Waals surface area contributed by atoms with E-state index in [2.05, 4.69) is 10.3 Å². The van der Waals surface area contributed by atoms with Crippen LogP contribution in [0, 0.1) is 6.92 Å². The Morgan fingerprint density at radius 3 is 2.59 bits per heavy atom. The Hall–Kier alpha value is -3.27. The van der Waals surface area contributed by atoms with Gasteiger partial charge in [0.1, 0.15) is 6.10 Å². The van der Waals surface area contributed by atoms with E-state index in [4.69, 9.17) is 16.2 Å². The summed E-state index contributed by atoms with van der Waals surface area (Å²) in [5.74, 6) is 0. The second kappa shape index (κ2) is 6.96. The summed E-state index contributed by atoms with van der Waals surface area (Å²) in [6.07, 6.45) is 3.06. The molecule has 0 aliphatic heterocycles. The number of nitrogens with zero attached hydrogens (tertiary/aromatic N) is 2. The summed E-state index contributed by atoms with van der Waals surface area (Å²) >= 11 is 0. The van der Waals surface area contributed by atoms with E-state index in [1.54, 1.807) is 30.3 Å². The van der Waals surface area contributed by atoms with Gasteiger partial charge in [-0.15, -0.1) is 0 Å². The minimum absolute atomic E-state index is 0.0318. The van der Waals surface area contributed by atoms with Crippen LogP contribution in [-0.4, -0.2) is 35.6 Å². The predicted octanol–water partition coefficient (Wildman–Crippen LogP) is 2.20. The van der Waals surface area contributed by atoms with E-state index in [1.807, 2.05) is 6.92 Å². The summed E-state index contributed by atoms with van der Waals surface area (Å²) in [6.45, 7) is 1.89. The lowest BCUT2D eigenvalue weighted by molar-refractivity contribution is 0.0518. The number of nitrogens with one attached hydrogen (secondary N) is 1. The fraction of sp³-hybridized carbons (Fsp3) is 0.263. The average molecular weight is 415 g/mol. The first-order valence-corrected chi connectivity index (χ1v) is 10.5. The Morgan fingerprint density at radius 2 is 1.93 bits per heavy atom. The van der Waals surface area contributed by atoms with Gasteiger partial charge in [0, 0.05) is 30.5 Å². The van der Waals surface area contributed by atoms with Gasteiger partial charge in [0.2, 0.25) is 0 Å². The number of hydrogen-bond donors (Lipinski definition) is 3. The van der Waals surface area contributed by atoms with Crippen molar-refractivity contribution in [1.82, 2.24) is 8.96 Å². The van der Waals surface area contributed by atoms with Gasteiger partial charge >= 0.3 is 6.09 Å². The monoisotopic (exact) mass is 415 g/mol. The van der Waals surface area contributed by atoms with Crippen LogP contribution in [0.4, 0.5) is 16.2 Å². The number of benzene rings is 1. The van der Waals surface area contributed by atoms with Gasteiger partial charge in [-0.1, -0.05) is 17.7 Å². The van der Waals surface area contributed by atoms with E-state index in [-0.39, 0.29) is 22.7 Å². The van der Waals surface area contributed by atoms with Crippen LogP contribution in [0.5, 0.6) is 0 Å². The number of aromatic nitrogens is 2. The van der Waals surface area contributed by atoms with E-state index in [0.29, 0.717) is 29.6 Å². The number of ether oxygens (including phenoxy) is 1. The number of amides is 1. The zero-order valence-electron chi connectivity index (χ0n) is 15.7. The highest BCUT2D eigenvalue weighted by Gasteiger charge is 2.32. The van der Waals surface area contributed by atoms with Gasteiger partial charge in [-0.2, -0.15) is 0 Å². The zero-order valence-corrected chi connectivity index (χ0v) is 16.5. The Kier molecular flexibility index (Phi) is 4.58. The normalized spacial score (nSPS) is 18.9. The Balaban J connectivity index is 1.65. The van der Waals surface area contributed by atoms with Gasteiger partial charge in [0.25, 0.3) is 10.0 Å². The van der Waals surface area contributed by atoms with E-state index < -0.39 is 16.1 Å². The number of pyridine rings is 1. The van der Waals surface area contributed by atoms with Crippen LogP contribution in [0.1, 0.15) is 18.4 Å². The molecule has 2 aromatic heterocycles. The third kappa shape index (κ3) is 3.46. The van der Waals surface area contributed by atoms with Crippen molar-refractivity contribution in [3.05, 3.63) is 48.3 Å². The van der Waals surface area contributed by atoms with Crippen molar-refractivity contribution >= 4 is 38.5 Å². The number of primary amides is 1. The number of aryl methyl sites for hydroxylation is 1. The second-order valence-corrected chi connectivity index (χ2v) is 8.94. The van der Waals surface area contributed by atoms with Gasteiger partial charge < -0.3 is 21.5 Å². The molecule has 0 radical (unpaired) electrons. The molecule has 1 amide bonds. The quantitative estimate of drug-likeness (QED) is 0.580. The highest BCUT2D eigenvalue weighted by molar-refractivity contribution is 7.90. The highest BCUT2D eigenvalue weighted by Crippen LogP contribution is 2.34. The SMILES string of the molecule is Cc1ccc(S(=O)(=O)n2ccc3c(NC4CC(OC(N)=O)C4)c(N)cnc32)cc1. The number of anilines is 2. The van der Waals surface area contributed by atoms with Crippen LogP contribution < -0.4 is 16.8 Å². The number of carbonyl (C=O) groups is 1. The fourth-order valence-corrected chi connectivity index (χ4v) is 4.71. The van der Waals surface area contributed by atoms with E-state index in [1.165, 1.54) is 12.4 Å². The lowest BCUT2D eigenvalue weighted by atomic mass is 9.89. The number of nitrogen functional groups attached to an aromatic ring is 1. The molecule has 5 N–H and O–H groups in total. The average Bonchev–Trinajstić information content (AvgIpc) is 3.07. The van der Waals surface area contributed by atoms with E-state index >= 15 is 0 Å². The van der Waals surface area contributed by atoms with Crippen LogP contribution in [0.15, 0.2) is 47.6 Å². The summed E-state index contributed by atoms with van der Waals surface area (Å²) in [7, 11) is -3.80. The fourth-order valence-electron chi connectivity index (χ4n) is 3.41. The minimum atomic E-state index is -3.80. The summed E-state index contributed by atoms with van der Waals surface area (Å²) in [4.78, 5) is 15.2. The first-order valence-electron chi connectivity index (χ1n) is 9.06. The van der Waals surface area contributed by atoms with Crippen molar-refractivity contribution in [2.24, 2.45) is 5.73 Å². The van der Waals surface area contributed by atoms with Gasteiger partial charge in [0.15, 0.2) is 5.65 Å². The molecular formula is C19H21N5O4S. The maximum atomic E-state index is 13.1. The molecule has 1 aromatic carbocycles. The Bertz CT molecular complexity index is 1180. The number of carbonyl (C=O) groups excluding carboxylic acids is 1. The van der Waals surface area contributed by atoms with Gasteiger partial charge in [-0.05, 0) is 25.1 Å². The first-order chi connectivity index (χ1) is 13.8. The second-order valence-electron chi connectivity index (χ2n) is 7.13. The number of hydrogen-bond acceptors (Lipinski definition) is 7. The van der Waals surface area contributed by atoms with Crippen molar-refractivity contribution in [2.45, 2.75) is 36.8 Å². The number of rotatable bonds is 5. The molecule has 1 saturated carbocycles. The van der Waals surface area contributed by atoms with Crippen molar-refractivity contribution in [2.75, 3.05) is 11.1 Å². The molecule has 1 fully saturated rings. The molecule has 4 rings (SSSR count). The molecule has 3 aromatic rings. The van der Waals surface area contributed by atoms with Crippen molar-refractivity contribution < 1.29 is 17.9 Å². The standard InChI is InChI=1S/C19H21N5O4S/c1-11-2-4-14(5-3-11)29(26,27)24-7-6-15-17(16(20)10-22-18(15)24)23-12-8-13(9-12)28-19(21)25/h2-7,10,12-13H,8-9,20H2,1H3,(H2,21,25)(H,22,23). The largest absolute Gasteiger partial charge is 0.446 e. The third-order valence-electron chi connectivity index (χ3n) is 5.01. The molecule has 0 unspecified atom stereocenters. The summed E-state index contributed by atoms with van der Waals surface area (Å²) in [5, 5.41) is 3.90.